The van der Waals surface area contributed by atoms with Gasteiger partial charge in [-0.1, -0.05) is 5.16 Å². The third-order valence-electron chi connectivity index (χ3n) is 2.73. The van der Waals surface area contributed by atoms with Crippen LogP contribution in [0.3, 0.4) is 0 Å². The van der Waals surface area contributed by atoms with Crippen molar-refractivity contribution in [3.05, 3.63) is 56.8 Å². The molecule has 0 fully saturated rings. The van der Waals surface area contributed by atoms with Crippen LogP contribution in [0.5, 0.6) is 0 Å². The maximum absolute atomic E-state index is 13.0. The molecule has 1 aromatic carbocycles. The minimum Gasteiger partial charge on any atom is -0.452 e. The van der Waals surface area contributed by atoms with Crippen molar-refractivity contribution in [1.82, 2.24) is 10.1 Å². The van der Waals surface area contributed by atoms with Crippen LogP contribution in [0.15, 0.2) is 44.0 Å². The fourth-order valence-electron chi connectivity index (χ4n) is 1.68. The molecule has 3 aromatic rings. The van der Waals surface area contributed by atoms with Crippen molar-refractivity contribution in [3.8, 4) is 11.4 Å². The van der Waals surface area contributed by atoms with Crippen LogP contribution in [0.4, 0.5) is 4.39 Å². The van der Waals surface area contributed by atoms with E-state index in [-0.39, 0.29) is 18.1 Å². The highest BCUT2D eigenvalue weighted by Gasteiger charge is 2.15. The molecule has 2 heterocycles. The number of carbonyl (C=O) groups excluding carboxylic acids is 1. The van der Waals surface area contributed by atoms with E-state index in [1.54, 1.807) is 0 Å². The molecule has 0 aliphatic heterocycles. The van der Waals surface area contributed by atoms with Gasteiger partial charge in [0.2, 0.25) is 5.82 Å². The molecule has 0 saturated carbocycles. The SMILES string of the molecule is O=C(OCc1nc(-c2ccsc2)no1)c1ccc(F)cc1Br. The van der Waals surface area contributed by atoms with Gasteiger partial charge in [0.1, 0.15) is 5.82 Å². The summed E-state index contributed by atoms with van der Waals surface area (Å²) in [6, 6.07) is 5.58. The van der Waals surface area contributed by atoms with Crippen molar-refractivity contribution < 1.29 is 18.4 Å². The standard InChI is InChI=1S/C14H8BrFN2O3S/c15-11-5-9(16)1-2-10(11)14(19)20-6-12-17-13(18-21-12)8-3-4-22-7-8/h1-5,7H,6H2. The third kappa shape index (κ3) is 3.23. The fourth-order valence-corrected chi connectivity index (χ4v) is 2.83. The largest absolute Gasteiger partial charge is 0.452 e. The van der Waals surface area contributed by atoms with Gasteiger partial charge in [-0.05, 0) is 45.6 Å². The molecule has 0 saturated heterocycles. The lowest BCUT2D eigenvalue weighted by Crippen LogP contribution is -2.06. The molecule has 0 N–H and O–H groups in total. The molecule has 112 valence electrons. The van der Waals surface area contributed by atoms with E-state index in [9.17, 15) is 9.18 Å². The van der Waals surface area contributed by atoms with Gasteiger partial charge in [-0.3, -0.25) is 0 Å². The maximum Gasteiger partial charge on any atom is 0.339 e. The topological polar surface area (TPSA) is 65.2 Å². The van der Waals surface area contributed by atoms with Crippen LogP contribution in [-0.2, 0) is 11.3 Å². The number of hydrogen-bond donors (Lipinski definition) is 0. The van der Waals surface area contributed by atoms with E-state index < -0.39 is 11.8 Å². The van der Waals surface area contributed by atoms with Gasteiger partial charge in [0.25, 0.3) is 5.89 Å². The van der Waals surface area contributed by atoms with E-state index in [1.807, 2.05) is 16.8 Å². The Hall–Kier alpha value is -2.06. The molecular formula is C14H8BrFN2O3S. The van der Waals surface area contributed by atoms with Gasteiger partial charge in [-0.15, -0.1) is 0 Å². The molecule has 5 nitrogen and oxygen atoms in total. The Kier molecular flexibility index (Phi) is 4.30. The third-order valence-corrected chi connectivity index (χ3v) is 4.06. The second-order valence-corrected chi connectivity index (χ2v) is 5.86. The Labute approximate surface area is 136 Å². The van der Waals surface area contributed by atoms with Gasteiger partial charge < -0.3 is 9.26 Å². The molecule has 0 amide bonds. The van der Waals surface area contributed by atoms with Gasteiger partial charge in [-0.25, -0.2) is 9.18 Å². The van der Waals surface area contributed by atoms with Crippen molar-refractivity contribution in [2.45, 2.75) is 6.61 Å². The van der Waals surface area contributed by atoms with Gasteiger partial charge in [0.15, 0.2) is 6.61 Å². The average Bonchev–Trinajstić information content (AvgIpc) is 3.16. The number of halogens is 2. The van der Waals surface area contributed by atoms with E-state index in [0.717, 1.165) is 5.56 Å². The molecule has 0 aliphatic rings. The van der Waals surface area contributed by atoms with Crippen LogP contribution < -0.4 is 0 Å². The van der Waals surface area contributed by atoms with E-state index >= 15 is 0 Å². The fraction of sp³-hybridized carbons (Fsp3) is 0.0714. The van der Waals surface area contributed by atoms with E-state index in [1.165, 1.54) is 29.5 Å². The highest BCUT2D eigenvalue weighted by molar-refractivity contribution is 9.10. The molecule has 2 aromatic heterocycles. The second kappa shape index (κ2) is 6.37. The highest BCUT2D eigenvalue weighted by atomic mass is 79.9. The number of carbonyl (C=O) groups is 1. The van der Waals surface area contributed by atoms with Crippen LogP contribution in [0.25, 0.3) is 11.4 Å². The molecule has 22 heavy (non-hydrogen) atoms. The van der Waals surface area contributed by atoms with Crippen LogP contribution >= 0.6 is 27.3 Å². The Morgan fingerprint density at radius 1 is 1.41 bits per heavy atom. The lowest BCUT2D eigenvalue weighted by Gasteiger charge is -2.04. The number of benzene rings is 1. The molecule has 3 rings (SSSR count). The minimum absolute atomic E-state index is 0.153. The predicted octanol–water partition coefficient (Wildman–Crippen LogP) is 4.06. The second-order valence-electron chi connectivity index (χ2n) is 4.22. The Morgan fingerprint density at radius 3 is 3.00 bits per heavy atom. The molecule has 0 radical (unpaired) electrons. The molecule has 0 spiro atoms. The minimum atomic E-state index is -0.609. The van der Waals surface area contributed by atoms with Crippen LogP contribution in [-0.4, -0.2) is 16.1 Å². The lowest BCUT2D eigenvalue weighted by molar-refractivity contribution is 0.0428. The Morgan fingerprint density at radius 2 is 2.27 bits per heavy atom. The Bertz CT molecular complexity index is 804. The number of hydrogen-bond acceptors (Lipinski definition) is 6. The number of rotatable bonds is 4. The van der Waals surface area contributed by atoms with Crippen LogP contribution in [0.2, 0.25) is 0 Å². The molecule has 0 unspecified atom stereocenters. The van der Waals surface area contributed by atoms with E-state index in [2.05, 4.69) is 26.1 Å². The number of esters is 1. The lowest BCUT2D eigenvalue weighted by atomic mass is 10.2. The molecule has 0 aliphatic carbocycles. The highest BCUT2D eigenvalue weighted by Crippen LogP contribution is 2.21. The number of aromatic nitrogens is 2. The molecular weight excluding hydrogens is 375 g/mol. The maximum atomic E-state index is 13.0. The van der Waals surface area contributed by atoms with Crippen LogP contribution in [0, 0.1) is 5.82 Å². The monoisotopic (exact) mass is 382 g/mol. The summed E-state index contributed by atoms with van der Waals surface area (Å²) < 4.78 is 23.4. The number of nitrogens with zero attached hydrogens (tertiary/aromatic N) is 2. The summed E-state index contributed by atoms with van der Waals surface area (Å²) in [7, 11) is 0. The summed E-state index contributed by atoms with van der Waals surface area (Å²) >= 11 is 4.63. The zero-order valence-electron chi connectivity index (χ0n) is 11.0. The predicted molar refractivity (Wildman–Crippen MR) is 80.8 cm³/mol. The first-order chi connectivity index (χ1) is 10.6. The van der Waals surface area contributed by atoms with Gasteiger partial charge in [0, 0.05) is 15.4 Å². The quantitative estimate of drug-likeness (QED) is 0.636. The summed E-state index contributed by atoms with van der Waals surface area (Å²) in [4.78, 5) is 16.1. The Balaban J connectivity index is 1.66. The summed E-state index contributed by atoms with van der Waals surface area (Å²) in [6.45, 7) is -0.153. The average molecular weight is 383 g/mol. The number of ether oxygens (including phenoxy) is 1. The molecule has 0 bridgehead atoms. The van der Waals surface area contributed by atoms with E-state index in [0.29, 0.717) is 10.3 Å². The summed E-state index contributed by atoms with van der Waals surface area (Å²) in [5.41, 5.74) is 1.06. The van der Waals surface area contributed by atoms with Crippen molar-refractivity contribution >= 4 is 33.2 Å². The van der Waals surface area contributed by atoms with Crippen molar-refractivity contribution in [3.63, 3.8) is 0 Å². The van der Waals surface area contributed by atoms with Crippen molar-refractivity contribution in [2.75, 3.05) is 0 Å². The van der Waals surface area contributed by atoms with Gasteiger partial charge in [-0.2, -0.15) is 16.3 Å². The first kappa shape index (κ1) is 14.9. The molecule has 0 atom stereocenters. The summed E-state index contributed by atoms with van der Waals surface area (Å²) in [6.07, 6.45) is 0. The normalized spacial score (nSPS) is 10.6. The first-order valence-corrected chi connectivity index (χ1v) is 7.84. The first-order valence-electron chi connectivity index (χ1n) is 6.11. The smallest absolute Gasteiger partial charge is 0.339 e. The zero-order valence-corrected chi connectivity index (χ0v) is 13.4. The van der Waals surface area contributed by atoms with Crippen molar-refractivity contribution in [2.24, 2.45) is 0 Å². The van der Waals surface area contributed by atoms with E-state index in [4.69, 9.17) is 9.26 Å². The summed E-state index contributed by atoms with van der Waals surface area (Å²) in [5.74, 6) is -0.425. The zero-order chi connectivity index (χ0) is 15.5. The number of thiophene rings is 1. The van der Waals surface area contributed by atoms with Gasteiger partial charge in [0.05, 0.1) is 5.56 Å². The van der Waals surface area contributed by atoms with Crippen molar-refractivity contribution in [1.29, 1.82) is 0 Å². The van der Waals surface area contributed by atoms with Crippen LogP contribution in [0.1, 0.15) is 16.2 Å². The summed E-state index contributed by atoms with van der Waals surface area (Å²) in [5, 5.41) is 7.59. The molecule has 8 heteroatoms. The van der Waals surface area contributed by atoms with Gasteiger partial charge >= 0.3 is 5.97 Å².